The molecule has 0 spiro atoms. The first-order chi connectivity index (χ1) is 17.7. The van der Waals surface area contributed by atoms with Crippen molar-refractivity contribution in [1.29, 1.82) is 0 Å². The van der Waals surface area contributed by atoms with Gasteiger partial charge in [-0.1, -0.05) is 76.7 Å². The van der Waals surface area contributed by atoms with Gasteiger partial charge in [0.25, 0.3) is 0 Å². The van der Waals surface area contributed by atoms with Crippen LogP contribution in [0.25, 0.3) is 5.70 Å². The maximum absolute atomic E-state index is 13.5. The number of hydrogen-bond donors (Lipinski definition) is 1. The van der Waals surface area contributed by atoms with Crippen LogP contribution in [0.4, 0.5) is 0 Å². The molecule has 5 nitrogen and oxygen atoms in total. The third-order valence-electron chi connectivity index (χ3n) is 6.40. The fourth-order valence-corrected chi connectivity index (χ4v) is 5.79. The van der Waals surface area contributed by atoms with E-state index in [2.05, 4.69) is 5.32 Å². The number of Topliss-reactive ketones (excluding diaryl/α,β-unsaturated/α-hetero) is 1. The Hall–Kier alpha value is -2.96. The molecule has 0 fully saturated rings. The molecular formula is C28H19Cl4NO4. The zero-order chi connectivity index (χ0) is 26.4. The summed E-state index contributed by atoms with van der Waals surface area (Å²) in [6.45, 7) is 1.88. The Morgan fingerprint density at radius 3 is 2.27 bits per heavy atom. The minimum Gasteiger partial charge on any atom is -0.486 e. The van der Waals surface area contributed by atoms with Crippen molar-refractivity contribution in [2.75, 3.05) is 7.11 Å². The van der Waals surface area contributed by atoms with Gasteiger partial charge in [0.05, 0.1) is 28.4 Å². The molecule has 0 saturated carbocycles. The average Bonchev–Trinajstić information content (AvgIpc) is 3.14. The van der Waals surface area contributed by atoms with E-state index >= 15 is 0 Å². The van der Waals surface area contributed by atoms with Crippen LogP contribution in [-0.2, 0) is 16.1 Å². The highest BCUT2D eigenvalue weighted by molar-refractivity contribution is 6.37. The molecule has 1 heterocycles. The molecule has 9 heteroatoms. The summed E-state index contributed by atoms with van der Waals surface area (Å²) in [4.78, 5) is 26.5. The summed E-state index contributed by atoms with van der Waals surface area (Å²) in [5.74, 6) is -1.24. The van der Waals surface area contributed by atoms with Gasteiger partial charge in [0.1, 0.15) is 6.61 Å². The number of fused-ring (bicyclic) bond motifs is 2. The van der Waals surface area contributed by atoms with Gasteiger partial charge >= 0.3 is 5.97 Å². The maximum atomic E-state index is 13.5. The van der Waals surface area contributed by atoms with Crippen LogP contribution < -0.4 is 10.1 Å². The van der Waals surface area contributed by atoms with Crippen LogP contribution in [0.5, 0.6) is 5.75 Å². The van der Waals surface area contributed by atoms with Gasteiger partial charge in [0, 0.05) is 43.9 Å². The normalized spacial score (nSPS) is 16.4. The number of halogens is 4. The smallest absolute Gasteiger partial charge is 0.336 e. The molecule has 0 radical (unpaired) electrons. The van der Waals surface area contributed by atoms with Gasteiger partial charge in [-0.25, -0.2) is 4.79 Å². The fourth-order valence-electron chi connectivity index (χ4n) is 4.72. The lowest BCUT2D eigenvalue weighted by atomic mass is 9.80. The molecule has 5 rings (SSSR count). The van der Waals surface area contributed by atoms with Gasteiger partial charge in [-0.05, 0) is 36.8 Å². The molecule has 1 N–H and O–H groups in total. The van der Waals surface area contributed by atoms with Gasteiger partial charge < -0.3 is 14.8 Å². The average molecular weight is 575 g/mol. The van der Waals surface area contributed by atoms with Crippen molar-refractivity contribution < 1.29 is 19.1 Å². The lowest BCUT2D eigenvalue weighted by Gasteiger charge is -2.29. The summed E-state index contributed by atoms with van der Waals surface area (Å²) in [5, 5.41) is 4.65. The van der Waals surface area contributed by atoms with E-state index in [4.69, 9.17) is 55.9 Å². The van der Waals surface area contributed by atoms with Crippen molar-refractivity contribution in [3.8, 4) is 5.75 Å². The third-order valence-corrected chi connectivity index (χ3v) is 7.54. The third kappa shape index (κ3) is 4.51. The van der Waals surface area contributed by atoms with Crippen molar-refractivity contribution in [2.24, 2.45) is 0 Å². The number of rotatable bonds is 5. The van der Waals surface area contributed by atoms with Crippen LogP contribution in [0.3, 0.4) is 0 Å². The highest BCUT2D eigenvalue weighted by Crippen LogP contribution is 2.48. The van der Waals surface area contributed by atoms with Crippen molar-refractivity contribution in [3.05, 3.63) is 114 Å². The van der Waals surface area contributed by atoms with Crippen LogP contribution >= 0.6 is 46.4 Å². The van der Waals surface area contributed by atoms with E-state index in [0.29, 0.717) is 49.3 Å². The van der Waals surface area contributed by atoms with E-state index < -0.39 is 11.9 Å². The van der Waals surface area contributed by atoms with E-state index in [0.717, 1.165) is 5.56 Å². The second-order valence-corrected chi connectivity index (χ2v) is 10.2. The number of methoxy groups -OCH3 is 1. The number of ether oxygens (including phenoxy) is 2. The largest absolute Gasteiger partial charge is 0.486 e. The molecule has 0 saturated heterocycles. The zero-order valence-corrected chi connectivity index (χ0v) is 22.6. The first-order valence-corrected chi connectivity index (χ1v) is 12.7. The first kappa shape index (κ1) is 25.7. The molecule has 0 amide bonds. The number of ketones is 1. The quantitative estimate of drug-likeness (QED) is 0.317. The van der Waals surface area contributed by atoms with E-state index in [9.17, 15) is 9.59 Å². The lowest BCUT2D eigenvalue weighted by molar-refractivity contribution is -0.136. The second-order valence-electron chi connectivity index (χ2n) is 8.59. The van der Waals surface area contributed by atoms with Gasteiger partial charge in [0.2, 0.25) is 0 Å². The number of dihydropyridines is 1. The van der Waals surface area contributed by atoms with Gasteiger partial charge in [0.15, 0.2) is 11.5 Å². The fraction of sp³-hybridized carbons (Fsp3) is 0.143. The topological polar surface area (TPSA) is 64.6 Å². The van der Waals surface area contributed by atoms with Crippen LogP contribution in [0, 0.1) is 0 Å². The standard InChI is InChI=1S/C28H19Cl4NO4/c1-13-22(28(35)36-2)23(24-25(33-13)17-5-3-4-6-18(17)26(24)34)15-9-20(31)27(21(32)10-15)37-12-14-7-8-16(29)11-19(14)30/h3-11,23,33H,12H2,1-2H3/t23-/m1/s1. The Kier molecular flexibility index (Phi) is 6.99. The highest BCUT2D eigenvalue weighted by atomic mass is 35.5. The number of esters is 1. The minimum absolute atomic E-state index is 0.109. The van der Waals surface area contributed by atoms with Crippen LogP contribution in [0.1, 0.15) is 39.9 Å². The molecule has 0 bridgehead atoms. The summed E-state index contributed by atoms with van der Waals surface area (Å²) in [7, 11) is 1.30. The Morgan fingerprint density at radius 1 is 0.946 bits per heavy atom. The van der Waals surface area contributed by atoms with E-state index in [-0.39, 0.29) is 28.2 Å². The second kappa shape index (κ2) is 10.1. The molecule has 3 aromatic carbocycles. The lowest BCUT2D eigenvalue weighted by Crippen LogP contribution is -2.29. The van der Waals surface area contributed by atoms with E-state index in [1.165, 1.54) is 7.11 Å². The van der Waals surface area contributed by atoms with Crippen LogP contribution in [0.2, 0.25) is 20.1 Å². The Balaban J connectivity index is 1.57. The number of carbonyl (C=O) groups excluding carboxylic acids is 2. The van der Waals surface area contributed by atoms with Crippen molar-refractivity contribution in [1.82, 2.24) is 5.32 Å². The zero-order valence-electron chi connectivity index (χ0n) is 19.6. The number of nitrogens with one attached hydrogen (secondary N) is 1. The van der Waals surface area contributed by atoms with Crippen molar-refractivity contribution in [3.63, 3.8) is 0 Å². The number of carbonyl (C=O) groups is 2. The SMILES string of the molecule is COC(=O)C1=C(C)NC2=C(C(=O)c3ccccc32)[C@@H]1c1cc(Cl)c(OCc2ccc(Cl)cc2Cl)c(Cl)c1. The molecule has 0 unspecified atom stereocenters. The summed E-state index contributed by atoms with van der Waals surface area (Å²) >= 11 is 25.5. The molecular weight excluding hydrogens is 556 g/mol. The van der Waals surface area contributed by atoms with Gasteiger partial charge in [-0.15, -0.1) is 0 Å². The van der Waals surface area contributed by atoms with Crippen molar-refractivity contribution in [2.45, 2.75) is 19.4 Å². The van der Waals surface area contributed by atoms with Gasteiger partial charge in [-0.3, -0.25) is 4.79 Å². The predicted octanol–water partition coefficient (Wildman–Crippen LogP) is 7.62. The minimum atomic E-state index is -0.752. The number of hydrogen-bond acceptors (Lipinski definition) is 5. The molecule has 2 aliphatic rings. The van der Waals surface area contributed by atoms with E-state index in [1.807, 2.05) is 12.1 Å². The molecule has 1 atom stereocenters. The van der Waals surface area contributed by atoms with Crippen molar-refractivity contribution >= 4 is 63.9 Å². The summed E-state index contributed by atoms with van der Waals surface area (Å²) < 4.78 is 11.0. The maximum Gasteiger partial charge on any atom is 0.336 e. The summed E-state index contributed by atoms with van der Waals surface area (Å²) in [6.07, 6.45) is 0. The molecule has 188 valence electrons. The monoisotopic (exact) mass is 573 g/mol. The molecule has 3 aromatic rings. The molecule has 1 aliphatic carbocycles. The summed E-state index contributed by atoms with van der Waals surface area (Å²) in [6, 6.07) is 15.7. The van der Waals surface area contributed by atoms with Crippen LogP contribution in [0.15, 0.2) is 71.4 Å². The van der Waals surface area contributed by atoms with Gasteiger partial charge in [-0.2, -0.15) is 0 Å². The Morgan fingerprint density at radius 2 is 1.62 bits per heavy atom. The highest BCUT2D eigenvalue weighted by Gasteiger charge is 2.43. The molecule has 37 heavy (non-hydrogen) atoms. The van der Waals surface area contributed by atoms with E-state index in [1.54, 1.807) is 49.4 Å². The number of benzene rings is 3. The van der Waals surface area contributed by atoms with Crippen LogP contribution in [-0.4, -0.2) is 18.9 Å². The Bertz CT molecular complexity index is 1520. The Labute approximate surface area is 233 Å². The number of allylic oxidation sites excluding steroid dienone is 2. The molecule has 1 aliphatic heterocycles. The predicted molar refractivity (Wildman–Crippen MR) is 146 cm³/mol. The summed E-state index contributed by atoms with van der Waals surface area (Å²) in [5.41, 5.74) is 4.55. The first-order valence-electron chi connectivity index (χ1n) is 11.2. The molecule has 0 aromatic heterocycles.